The van der Waals surface area contributed by atoms with E-state index in [1.807, 2.05) is 30.3 Å². The van der Waals surface area contributed by atoms with E-state index in [0.717, 1.165) is 5.56 Å². The minimum atomic E-state index is -1.00. The molecule has 2 aromatic carbocycles. The largest absolute Gasteiger partial charge is 0.495 e. The molecular weight excluding hydrogens is 427 g/mol. The Balaban J connectivity index is 1.96. The van der Waals surface area contributed by atoms with Gasteiger partial charge in [-0.15, -0.1) is 11.6 Å². The van der Waals surface area contributed by atoms with Crippen LogP contribution in [0.15, 0.2) is 48.5 Å². The molecule has 8 heteroatoms. The summed E-state index contributed by atoms with van der Waals surface area (Å²) in [5.41, 5.74) is 0.645. The van der Waals surface area contributed by atoms with Gasteiger partial charge in [0.1, 0.15) is 17.9 Å². The first-order chi connectivity index (χ1) is 14.5. The summed E-state index contributed by atoms with van der Waals surface area (Å²) in [5, 5.41) is 14.8. The van der Waals surface area contributed by atoms with E-state index in [4.69, 9.17) is 32.7 Å². The highest BCUT2D eigenvalue weighted by molar-refractivity contribution is 6.32. The average molecular weight is 453 g/mol. The third-order valence-corrected chi connectivity index (χ3v) is 5.94. The zero-order valence-electron chi connectivity index (χ0n) is 16.8. The number of hydrogen-bond donors (Lipinski definition) is 2. The van der Waals surface area contributed by atoms with Gasteiger partial charge in [0.05, 0.1) is 17.7 Å². The maximum atomic E-state index is 13.0. The number of nitrogens with zero attached hydrogens (tertiary/aromatic N) is 1. The number of anilines is 1. The molecule has 3 rings (SSSR count). The molecule has 2 N–H and O–H groups in total. The van der Waals surface area contributed by atoms with E-state index in [-0.39, 0.29) is 11.8 Å². The lowest BCUT2D eigenvalue weighted by atomic mass is 9.84. The van der Waals surface area contributed by atoms with Crippen molar-refractivity contribution in [1.82, 2.24) is 5.32 Å². The fraction of sp³-hybridized carbons (Fsp3) is 0.409. The molecule has 1 atom stereocenters. The molecule has 2 aromatic rings. The maximum absolute atomic E-state index is 13.0. The fourth-order valence-electron chi connectivity index (χ4n) is 3.85. The van der Waals surface area contributed by atoms with Gasteiger partial charge < -0.3 is 19.5 Å². The first-order valence-corrected chi connectivity index (χ1v) is 10.7. The number of nitrogens with one attached hydrogen (secondary N) is 1. The monoisotopic (exact) mass is 452 g/mol. The average Bonchev–Trinajstić information content (AvgIpc) is 2.79. The number of alkyl halides is 1. The van der Waals surface area contributed by atoms with Crippen molar-refractivity contribution in [2.75, 3.05) is 31.1 Å². The van der Waals surface area contributed by atoms with Crippen molar-refractivity contribution in [3.8, 4) is 5.75 Å². The summed E-state index contributed by atoms with van der Waals surface area (Å²) < 4.78 is 10.8. The van der Waals surface area contributed by atoms with Crippen molar-refractivity contribution in [2.24, 2.45) is 0 Å². The maximum Gasteiger partial charge on any atom is 0.242 e. The summed E-state index contributed by atoms with van der Waals surface area (Å²) in [5.74, 6) is -0.0414. The Morgan fingerprint density at radius 3 is 2.57 bits per heavy atom. The van der Waals surface area contributed by atoms with E-state index in [9.17, 15) is 9.90 Å². The van der Waals surface area contributed by atoms with Crippen LogP contribution in [-0.2, 0) is 16.1 Å². The molecule has 1 unspecified atom stereocenters. The van der Waals surface area contributed by atoms with Crippen LogP contribution in [-0.4, -0.2) is 49.0 Å². The topological polar surface area (TPSA) is 71.0 Å². The van der Waals surface area contributed by atoms with Gasteiger partial charge in [0.25, 0.3) is 0 Å². The summed E-state index contributed by atoms with van der Waals surface area (Å²) in [7, 11) is 1.53. The third-order valence-electron chi connectivity index (χ3n) is 5.41. The second-order valence-electron chi connectivity index (χ2n) is 7.17. The van der Waals surface area contributed by atoms with Gasteiger partial charge in [-0.1, -0.05) is 41.9 Å². The van der Waals surface area contributed by atoms with E-state index >= 15 is 0 Å². The van der Waals surface area contributed by atoms with Gasteiger partial charge >= 0.3 is 0 Å². The third kappa shape index (κ3) is 4.90. The smallest absolute Gasteiger partial charge is 0.242 e. The summed E-state index contributed by atoms with van der Waals surface area (Å²) in [4.78, 5) is 14.6. The number of benzene rings is 2. The van der Waals surface area contributed by atoms with Crippen LogP contribution in [0, 0.1) is 0 Å². The molecule has 6 nitrogen and oxygen atoms in total. The van der Waals surface area contributed by atoms with Crippen LogP contribution in [0.2, 0.25) is 5.02 Å². The van der Waals surface area contributed by atoms with Crippen LogP contribution < -0.4 is 15.0 Å². The highest BCUT2D eigenvalue weighted by Crippen LogP contribution is 2.38. The van der Waals surface area contributed by atoms with Crippen LogP contribution in [0.3, 0.4) is 0 Å². The van der Waals surface area contributed by atoms with Crippen molar-refractivity contribution in [3.05, 3.63) is 59.1 Å². The Labute approximate surface area is 186 Å². The van der Waals surface area contributed by atoms with Crippen LogP contribution in [0.1, 0.15) is 18.4 Å². The molecule has 0 saturated carbocycles. The van der Waals surface area contributed by atoms with E-state index in [2.05, 4.69) is 5.32 Å². The minimum Gasteiger partial charge on any atom is -0.495 e. The first kappa shape index (κ1) is 22.8. The molecule has 1 saturated heterocycles. The molecule has 1 amide bonds. The zero-order valence-corrected chi connectivity index (χ0v) is 18.3. The number of amides is 1. The predicted octanol–water partition coefficient (Wildman–Crippen LogP) is 3.58. The summed E-state index contributed by atoms with van der Waals surface area (Å²) in [6.07, 6.45) is -0.112. The lowest BCUT2D eigenvalue weighted by Gasteiger charge is -2.49. The summed E-state index contributed by atoms with van der Waals surface area (Å²) in [6.45, 7) is 1.29. The first-order valence-electron chi connectivity index (χ1n) is 9.77. The van der Waals surface area contributed by atoms with Gasteiger partial charge in [0.15, 0.2) is 0 Å². The quantitative estimate of drug-likeness (QED) is 0.473. The molecule has 1 aliphatic rings. The van der Waals surface area contributed by atoms with Crippen LogP contribution in [0.5, 0.6) is 5.75 Å². The normalized spacial score (nSPS) is 16.7. The van der Waals surface area contributed by atoms with Crippen molar-refractivity contribution < 1.29 is 19.4 Å². The van der Waals surface area contributed by atoms with Gasteiger partial charge in [-0.25, -0.2) is 0 Å². The number of rotatable bonds is 8. The summed E-state index contributed by atoms with van der Waals surface area (Å²) in [6, 6.07) is 14.9. The molecular formula is C22H26Cl2N2O4. The van der Waals surface area contributed by atoms with Crippen molar-refractivity contribution in [2.45, 2.75) is 31.2 Å². The second-order valence-corrected chi connectivity index (χ2v) is 7.84. The molecule has 0 bridgehead atoms. The molecule has 30 heavy (non-hydrogen) atoms. The number of ether oxygens (including phenoxy) is 2. The standard InChI is InChI=1S/C22H26Cl2N2O4/c1-29-19-8-7-17(13-18(19)24)26(20(27)14-23)22(9-11-30-12-10-22)21(28)25-15-16-5-3-2-4-6-16/h2-8,13,21,25,28H,9-12,14-15H2,1H3. The molecule has 1 heterocycles. The van der Waals surface area contributed by atoms with E-state index in [0.29, 0.717) is 49.1 Å². The van der Waals surface area contributed by atoms with Crippen LogP contribution in [0.25, 0.3) is 0 Å². The number of methoxy groups -OCH3 is 1. The van der Waals surface area contributed by atoms with Gasteiger partial charge in [0, 0.05) is 25.4 Å². The predicted molar refractivity (Wildman–Crippen MR) is 118 cm³/mol. The van der Waals surface area contributed by atoms with Crippen molar-refractivity contribution in [1.29, 1.82) is 0 Å². The molecule has 0 aliphatic carbocycles. The Bertz CT molecular complexity index is 844. The minimum absolute atomic E-state index is 0.225. The van der Waals surface area contributed by atoms with E-state index in [1.165, 1.54) is 7.11 Å². The number of aliphatic hydroxyl groups excluding tert-OH is 1. The Morgan fingerprint density at radius 1 is 1.27 bits per heavy atom. The van der Waals surface area contributed by atoms with Gasteiger partial charge in [0.2, 0.25) is 5.91 Å². The van der Waals surface area contributed by atoms with Gasteiger partial charge in [-0.05, 0) is 36.6 Å². The van der Waals surface area contributed by atoms with Gasteiger partial charge in [-0.2, -0.15) is 0 Å². The fourth-order valence-corrected chi connectivity index (χ4v) is 4.22. The molecule has 162 valence electrons. The lowest BCUT2D eigenvalue weighted by molar-refractivity contribution is -0.121. The number of hydrogen-bond acceptors (Lipinski definition) is 5. The van der Waals surface area contributed by atoms with E-state index < -0.39 is 11.8 Å². The number of aliphatic hydroxyl groups is 1. The highest BCUT2D eigenvalue weighted by Gasteiger charge is 2.47. The summed E-state index contributed by atoms with van der Waals surface area (Å²) >= 11 is 12.3. The highest BCUT2D eigenvalue weighted by atomic mass is 35.5. The molecule has 0 spiro atoms. The van der Waals surface area contributed by atoms with E-state index in [1.54, 1.807) is 23.1 Å². The Hall–Kier alpha value is -1.83. The Kier molecular flexibility index (Phi) is 7.97. The SMILES string of the molecule is COc1ccc(N(C(=O)CCl)C2(C(O)NCc3ccccc3)CCOCC2)cc1Cl. The van der Waals surface area contributed by atoms with Gasteiger partial charge in [-0.3, -0.25) is 10.1 Å². The molecule has 0 radical (unpaired) electrons. The number of halogens is 2. The molecule has 0 aromatic heterocycles. The van der Waals surface area contributed by atoms with Crippen LogP contribution in [0.4, 0.5) is 5.69 Å². The van der Waals surface area contributed by atoms with Crippen LogP contribution >= 0.6 is 23.2 Å². The molecule has 1 fully saturated rings. The number of carbonyl (C=O) groups is 1. The van der Waals surface area contributed by atoms with Crippen molar-refractivity contribution >= 4 is 34.8 Å². The lowest BCUT2D eigenvalue weighted by Crippen LogP contribution is -2.65. The molecule has 1 aliphatic heterocycles. The second kappa shape index (κ2) is 10.5. The van der Waals surface area contributed by atoms with Crippen molar-refractivity contribution in [3.63, 3.8) is 0 Å². The number of carbonyl (C=O) groups excluding carboxylic acids is 1. The Morgan fingerprint density at radius 2 is 1.97 bits per heavy atom. The zero-order chi connectivity index (χ0) is 21.6.